The molecule has 0 fully saturated rings. The zero-order chi connectivity index (χ0) is 32.0. The van der Waals surface area contributed by atoms with Gasteiger partial charge in [0.05, 0.1) is 38.6 Å². The van der Waals surface area contributed by atoms with Gasteiger partial charge in [0.2, 0.25) is 0 Å². The molecule has 0 aliphatic heterocycles. The highest BCUT2D eigenvalue weighted by Gasteiger charge is 2.27. The van der Waals surface area contributed by atoms with E-state index in [1.165, 1.54) is 56.7 Å². The first-order chi connectivity index (χ1) is 20.0. The van der Waals surface area contributed by atoms with Gasteiger partial charge in [-0.15, -0.1) is 5.92 Å². The van der Waals surface area contributed by atoms with Gasteiger partial charge in [-0.3, -0.25) is 0 Å². The van der Waals surface area contributed by atoms with E-state index < -0.39 is 30.4 Å². The molecule has 0 radical (unpaired) electrons. The van der Waals surface area contributed by atoms with Gasteiger partial charge in [0, 0.05) is 12.0 Å². The average Bonchev–Trinajstić information content (AvgIpc) is 2.89. The Morgan fingerprint density at radius 1 is 0.628 bits per heavy atom. The second kappa shape index (κ2) is 13.4. The molecular weight excluding hydrogens is 624 g/mol. The van der Waals surface area contributed by atoms with E-state index in [9.17, 15) is 25.3 Å². The van der Waals surface area contributed by atoms with E-state index in [-0.39, 0.29) is 52.2 Å². The Morgan fingerprint density at radius 2 is 1.23 bits per heavy atom. The molecule has 3 rings (SSSR count). The Labute approximate surface area is 251 Å². The highest BCUT2D eigenvalue weighted by Crippen LogP contribution is 2.51. The minimum atomic E-state index is -4.15. The van der Waals surface area contributed by atoms with Crippen molar-refractivity contribution in [3.63, 3.8) is 0 Å². The van der Waals surface area contributed by atoms with Crippen molar-refractivity contribution in [3.8, 4) is 68.6 Å². The number of rotatable bonds is 12. The third-order valence-electron chi connectivity index (χ3n) is 5.35. The van der Waals surface area contributed by atoms with Crippen LogP contribution in [0.15, 0.2) is 48.5 Å². The van der Waals surface area contributed by atoms with E-state index in [0.29, 0.717) is 17.5 Å². The average molecular weight is 655 g/mol. The fourth-order valence-electron chi connectivity index (χ4n) is 3.86. The second-order valence-corrected chi connectivity index (χ2v) is 13.6. The first kappa shape index (κ1) is 33.4. The molecule has 232 valence electrons. The highest BCUT2D eigenvalue weighted by atomic mass is 32.2. The monoisotopic (exact) mass is 654 g/mol. The summed E-state index contributed by atoms with van der Waals surface area (Å²) in [7, 11) is -9.26. The molecule has 0 bridgehead atoms. The molecule has 0 saturated carbocycles. The largest absolute Gasteiger partial charge is 0.496 e. The van der Waals surface area contributed by atoms with Gasteiger partial charge in [0.25, 0.3) is 0 Å². The van der Waals surface area contributed by atoms with Crippen molar-refractivity contribution in [3.05, 3.63) is 48.5 Å². The quantitative estimate of drug-likeness (QED) is 0.206. The lowest BCUT2D eigenvalue weighted by molar-refractivity contribution is 0.354. The molecule has 0 atom stereocenters. The fourth-order valence-corrected chi connectivity index (χ4v) is 5.24. The molecule has 0 unspecified atom stereocenters. The Balaban J connectivity index is 2.30. The van der Waals surface area contributed by atoms with Crippen LogP contribution in [-0.4, -0.2) is 64.8 Å². The van der Waals surface area contributed by atoms with E-state index >= 15 is 0 Å². The molecule has 0 amide bonds. The molecule has 43 heavy (non-hydrogen) atoms. The summed E-state index contributed by atoms with van der Waals surface area (Å²) in [6.07, 6.45) is 3.23. The van der Waals surface area contributed by atoms with E-state index in [1.807, 2.05) is 6.92 Å². The SMILES string of the molecule is CCC#CCOc1ccc(-c2c(OC)cc(-c3ccc(OS(C)(=O)=O)cc3)c(OC)c2OS(C)(=O)=O)cc1OS(C)(=O)=O. The van der Waals surface area contributed by atoms with Crippen LogP contribution in [0.5, 0.6) is 34.5 Å². The van der Waals surface area contributed by atoms with E-state index in [4.69, 9.17) is 26.8 Å². The molecule has 12 nitrogen and oxygen atoms in total. The molecule has 0 spiro atoms. The van der Waals surface area contributed by atoms with Gasteiger partial charge in [0.1, 0.15) is 18.1 Å². The zero-order valence-electron chi connectivity index (χ0n) is 24.2. The number of methoxy groups -OCH3 is 2. The predicted molar refractivity (Wildman–Crippen MR) is 160 cm³/mol. The summed E-state index contributed by atoms with van der Waals surface area (Å²) in [6, 6.07) is 11.7. The van der Waals surface area contributed by atoms with Crippen LogP contribution >= 0.6 is 0 Å². The van der Waals surface area contributed by atoms with Crippen LogP contribution < -0.4 is 26.8 Å². The predicted octanol–water partition coefficient (Wildman–Crippen LogP) is 3.85. The van der Waals surface area contributed by atoms with Crippen LogP contribution in [0.4, 0.5) is 0 Å². The summed E-state index contributed by atoms with van der Waals surface area (Å²) in [4.78, 5) is 0. The third kappa shape index (κ3) is 9.43. The highest BCUT2D eigenvalue weighted by molar-refractivity contribution is 7.86. The smallest absolute Gasteiger partial charge is 0.306 e. The van der Waals surface area contributed by atoms with E-state index in [2.05, 4.69) is 11.8 Å². The van der Waals surface area contributed by atoms with Gasteiger partial charge in [0.15, 0.2) is 23.0 Å². The molecule has 0 N–H and O–H groups in total. The Hall–Kier alpha value is -4.13. The Bertz CT molecular complexity index is 1870. The summed E-state index contributed by atoms with van der Waals surface area (Å²) in [5.41, 5.74) is 1.14. The first-order valence-corrected chi connectivity index (χ1v) is 17.8. The van der Waals surface area contributed by atoms with Crippen LogP contribution in [0.3, 0.4) is 0 Å². The van der Waals surface area contributed by atoms with Crippen molar-refractivity contribution in [2.75, 3.05) is 39.6 Å². The van der Waals surface area contributed by atoms with Crippen molar-refractivity contribution in [2.45, 2.75) is 13.3 Å². The lowest BCUT2D eigenvalue weighted by Gasteiger charge is -2.21. The summed E-state index contributed by atoms with van der Waals surface area (Å²) in [5.74, 6) is 5.42. The maximum absolute atomic E-state index is 12.4. The van der Waals surface area contributed by atoms with Crippen LogP contribution in [-0.2, 0) is 30.4 Å². The molecule has 0 aromatic heterocycles. The topological polar surface area (TPSA) is 158 Å². The molecule has 0 saturated heterocycles. The van der Waals surface area contributed by atoms with E-state index in [0.717, 1.165) is 18.8 Å². The molecule has 3 aromatic rings. The van der Waals surface area contributed by atoms with Gasteiger partial charge in [-0.1, -0.05) is 31.0 Å². The van der Waals surface area contributed by atoms with Crippen LogP contribution in [0.25, 0.3) is 22.3 Å². The normalized spacial score (nSPS) is 11.6. The molecule has 0 heterocycles. The van der Waals surface area contributed by atoms with Gasteiger partial charge in [-0.25, -0.2) is 0 Å². The summed E-state index contributed by atoms with van der Waals surface area (Å²) in [5, 5.41) is 0. The van der Waals surface area contributed by atoms with Gasteiger partial charge < -0.3 is 26.8 Å². The molecule has 0 aliphatic carbocycles. The molecule has 15 heteroatoms. The number of hydrogen-bond donors (Lipinski definition) is 0. The van der Waals surface area contributed by atoms with Crippen LogP contribution in [0.2, 0.25) is 0 Å². The number of benzene rings is 3. The number of ether oxygens (including phenoxy) is 3. The molecular formula is C28H30O12S3. The van der Waals surface area contributed by atoms with Crippen molar-refractivity contribution in [2.24, 2.45) is 0 Å². The lowest BCUT2D eigenvalue weighted by atomic mass is 9.96. The van der Waals surface area contributed by atoms with E-state index in [1.54, 1.807) is 6.07 Å². The first-order valence-electron chi connectivity index (χ1n) is 12.4. The van der Waals surface area contributed by atoms with Gasteiger partial charge in [-0.2, -0.15) is 25.3 Å². The van der Waals surface area contributed by atoms with Crippen molar-refractivity contribution >= 4 is 30.4 Å². The number of hydrogen-bond acceptors (Lipinski definition) is 12. The van der Waals surface area contributed by atoms with Gasteiger partial charge in [-0.05, 0) is 41.5 Å². The Morgan fingerprint density at radius 3 is 1.77 bits per heavy atom. The Kier molecular flexibility index (Phi) is 10.4. The van der Waals surface area contributed by atoms with Crippen molar-refractivity contribution < 1.29 is 52.0 Å². The standard InChI is InChI=1S/C28H30O12S3/c1-7-8-9-16-37-23-15-12-20(17-24(23)39-42(5,31)32)26-25(35-2)18-22(27(36-3)28(26)40-43(6,33)34)19-10-13-21(14-11-19)38-41(4,29)30/h10-15,17-18H,7,16H2,1-6H3. The third-order valence-corrected chi connectivity index (χ3v) is 6.79. The van der Waals surface area contributed by atoms with Crippen LogP contribution in [0.1, 0.15) is 13.3 Å². The van der Waals surface area contributed by atoms with Crippen molar-refractivity contribution in [1.29, 1.82) is 0 Å². The minimum absolute atomic E-state index is 0.0150. The lowest BCUT2D eigenvalue weighted by Crippen LogP contribution is -2.10. The molecule has 0 aliphatic rings. The van der Waals surface area contributed by atoms with Gasteiger partial charge >= 0.3 is 30.4 Å². The maximum atomic E-state index is 12.4. The molecule has 3 aromatic carbocycles. The van der Waals surface area contributed by atoms with Crippen molar-refractivity contribution in [1.82, 2.24) is 0 Å². The fraction of sp³-hybridized carbons (Fsp3) is 0.286. The van der Waals surface area contributed by atoms with Crippen LogP contribution in [0, 0.1) is 11.8 Å². The second-order valence-electron chi connectivity index (χ2n) is 8.91. The minimum Gasteiger partial charge on any atom is -0.496 e. The summed E-state index contributed by atoms with van der Waals surface area (Å²) < 4.78 is 104. The summed E-state index contributed by atoms with van der Waals surface area (Å²) in [6.45, 7) is 1.83. The zero-order valence-corrected chi connectivity index (χ0v) is 26.6. The summed E-state index contributed by atoms with van der Waals surface area (Å²) >= 11 is 0. The maximum Gasteiger partial charge on any atom is 0.306 e.